The average Bonchev–Trinajstić information content (AvgIpc) is 1.86. The smallest absolute Gasteiger partial charge is 0.127 e. The summed E-state index contributed by atoms with van der Waals surface area (Å²) in [7, 11) is 0. The van der Waals surface area contributed by atoms with Crippen LogP contribution in [0.25, 0.3) is 0 Å². The van der Waals surface area contributed by atoms with Crippen LogP contribution in [-0.2, 0) is 11.4 Å². The van der Waals surface area contributed by atoms with Crippen LogP contribution in [0.4, 0.5) is 0 Å². The van der Waals surface area contributed by atoms with Gasteiger partial charge in [0.1, 0.15) is 5.75 Å². The van der Waals surface area contributed by atoms with Gasteiger partial charge in [-0.2, -0.15) is 0 Å². The molecule has 0 rings (SSSR count). The summed E-state index contributed by atoms with van der Waals surface area (Å²) in [6.45, 7) is 7.18. The Bertz CT molecular complexity index is 88.2. The van der Waals surface area contributed by atoms with E-state index in [2.05, 4.69) is 25.5 Å². The third kappa shape index (κ3) is 8.17. The number of unbranched alkanes of at least 4 members (excludes halogenated alkanes) is 1. The number of nitrogens with one attached hydrogen (secondary N) is 1. The van der Waals surface area contributed by atoms with Crippen molar-refractivity contribution in [3.05, 3.63) is 0 Å². The quantitative estimate of drug-likeness (QED) is 0.495. The van der Waals surface area contributed by atoms with Crippen molar-refractivity contribution in [3.8, 4) is 0 Å². The normalized spacial score (nSPS) is 13.9. The van der Waals surface area contributed by atoms with E-state index in [1.165, 1.54) is 0 Å². The van der Waals surface area contributed by atoms with Gasteiger partial charge in [-0.05, 0) is 12.3 Å². The van der Waals surface area contributed by atoms with Crippen LogP contribution in [0, 0.1) is 5.92 Å². The van der Waals surface area contributed by atoms with Gasteiger partial charge in [0.05, 0.1) is 0 Å². The maximum Gasteiger partial charge on any atom is 0.127 e. The van der Waals surface area contributed by atoms with Gasteiger partial charge in [-0.3, -0.25) is 0 Å². The van der Waals surface area contributed by atoms with Crippen molar-refractivity contribution in [1.82, 2.24) is 4.72 Å². The molecular weight excluding hydrogens is 158 g/mol. The molecule has 0 saturated heterocycles. The van der Waals surface area contributed by atoms with Crippen molar-refractivity contribution in [2.45, 2.75) is 33.6 Å². The minimum atomic E-state index is -0.802. The largest absolute Gasteiger partial charge is 0.598 e. The van der Waals surface area contributed by atoms with Crippen LogP contribution in [0.1, 0.15) is 33.6 Å². The van der Waals surface area contributed by atoms with Gasteiger partial charge in [0.2, 0.25) is 0 Å². The zero-order chi connectivity index (χ0) is 8.69. The molecule has 0 radical (unpaired) electrons. The van der Waals surface area contributed by atoms with Gasteiger partial charge in [0.25, 0.3) is 0 Å². The summed E-state index contributed by atoms with van der Waals surface area (Å²) < 4.78 is 14.1. The van der Waals surface area contributed by atoms with Crippen LogP contribution in [0.3, 0.4) is 0 Å². The Hall–Kier alpha value is 0.270. The molecule has 0 aliphatic carbocycles. The summed E-state index contributed by atoms with van der Waals surface area (Å²) in [6, 6.07) is 0. The Morgan fingerprint density at radius 1 is 1.45 bits per heavy atom. The Balaban J connectivity index is 3.15. The predicted molar refractivity (Wildman–Crippen MR) is 50.8 cm³/mol. The molecule has 0 aliphatic rings. The monoisotopic (exact) mass is 177 g/mol. The molecule has 1 N–H and O–H groups in total. The minimum Gasteiger partial charge on any atom is -0.598 e. The zero-order valence-corrected chi connectivity index (χ0v) is 8.54. The van der Waals surface area contributed by atoms with E-state index in [0.29, 0.717) is 5.92 Å². The number of hydrogen-bond donors (Lipinski definition) is 1. The van der Waals surface area contributed by atoms with E-state index in [0.717, 1.165) is 25.1 Å². The lowest BCUT2D eigenvalue weighted by atomic mass is 10.3. The van der Waals surface area contributed by atoms with Crippen LogP contribution >= 0.6 is 0 Å². The molecule has 0 amide bonds. The first-order chi connectivity index (χ1) is 5.16. The van der Waals surface area contributed by atoms with Gasteiger partial charge < -0.3 is 4.55 Å². The maximum absolute atomic E-state index is 11.1. The fourth-order valence-corrected chi connectivity index (χ4v) is 1.82. The van der Waals surface area contributed by atoms with E-state index < -0.39 is 11.4 Å². The second-order valence-corrected chi connectivity index (χ2v) is 4.47. The number of rotatable bonds is 6. The average molecular weight is 177 g/mol. The predicted octanol–water partition coefficient (Wildman–Crippen LogP) is 1.70. The Morgan fingerprint density at radius 2 is 2.09 bits per heavy atom. The van der Waals surface area contributed by atoms with Gasteiger partial charge in [0.15, 0.2) is 0 Å². The Labute approximate surface area is 73.1 Å². The molecule has 0 aliphatic heterocycles. The van der Waals surface area contributed by atoms with Crippen molar-refractivity contribution in [1.29, 1.82) is 0 Å². The lowest BCUT2D eigenvalue weighted by Gasteiger charge is -2.12. The van der Waals surface area contributed by atoms with E-state index in [9.17, 15) is 4.55 Å². The molecule has 0 aromatic rings. The highest BCUT2D eigenvalue weighted by atomic mass is 32.2. The molecule has 0 aromatic carbocycles. The standard InChI is InChI=1S/C8H19NOS/c1-4-5-6-9-11(10)7-8(2)3/h8-9H,4-7H2,1-3H3. The van der Waals surface area contributed by atoms with E-state index in [1.807, 2.05) is 0 Å². The third-order valence-electron chi connectivity index (χ3n) is 1.28. The Kier molecular flexibility index (Phi) is 7.12. The highest BCUT2D eigenvalue weighted by Crippen LogP contribution is 1.97. The van der Waals surface area contributed by atoms with Crippen LogP contribution in [0.5, 0.6) is 0 Å². The molecule has 1 atom stereocenters. The summed E-state index contributed by atoms with van der Waals surface area (Å²) in [6.07, 6.45) is 2.27. The molecule has 0 aromatic heterocycles. The summed E-state index contributed by atoms with van der Waals surface area (Å²) in [5, 5.41) is 0. The van der Waals surface area contributed by atoms with Crippen LogP contribution in [0.2, 0.25) is 0 Å². The molecule has 68 valence electrons. The molecule has 0 bridgehead atoms. The molecule has 2 nitrogen and oxygen atoms in total. The fraction of sp³-hybridized carbons (Fsp3) is 1.00. The molecule has 0 fully saturated rings. The van der Waals surface area contributed by atoms with Crippen LogP contribution < -0.4 is 4.72 Å². The van der Waals surface area contributed by atoms with Crippen molar-refractivity contribution >= 4 is 11.4 Å². The van der Waals surface area contributed by atoms with E-state index >= 15 is 0 Å². The van der Waals surface area contributed by atoms with Gasteiger partial charge in [-0.15, -0.1) is 4.72 Å². The third-order valence-corrected chi connectivity index (χ3v) is 2.77. The van der Waals surface area contributed by atoms with E-state index in [4.69, 9.17) is 0 Å². The summed E-state index contributed by atoms with van der Waals surface area (Å²) in [5.41, 5.74) is 0. The van der Waals surface area contributed by atoms with Gasteiger partial charge in [-0.25, -0.2) is 0 Å². The second kappa shape index (κ2) is 6.95. The first-order valence-corrected chi connectivity index (χ1v) is 5.60. The van der Waals surface area contributed by atoms with Crippen LogP contribution in [-0.4, -0.2) is 16.9 Å². The van der Waals surface area contributed by atoms with Crippen LogP contribution in [0.15, 0.2) is 0 Å². The van der Waals surface area contributed by atoms with Crippen molar-refractivity contribution in [2.24, 2.45) is 5.92 Å². The highest BCUT2D eigenvalue weighted by Gasteiger charge is 2.07. The first kappa shape index (κ1) is 11.3. The fourth-order valence-electron chi connectivity index (χ4n) is 0.724. The Morgan fingerprint density at radius 3 is 2.55 bits per heavy atom. The topological polar surface area (TPSA) is 35.1 Å². The molecule has 3 heteroatoms. The van der Waals surface area contributed by atoms with Crippen molar-refractivity contribution in [3.63, 3.8) is 0 Å². The summed E-state index contributed by atoms with van der Waals surface area (Å²) in [4.78, 5) is 0. The van der Waals surface area contributed by atoms with Crippen molar-refractivity contribution in [2.75, 3.05) is 12.3 Å². The van der Waals surface area contributed by atoms with Gasteiger partial charge >= 0.3 is 0 Å². The molecule has 11 heavy (non-hydrogen) atoms. The molecule has 0 heterocycles. The molecule has 0 spiro atoms. The number of hydrogen-bond acceptors (Lipinski definition) is 2. The first-order valence-electron chi connectivity index (χ1n) is 4.28. The lowest BCUT2D eigenvalue weighted by Crippen LogP contribution is -2.29. The molecular formula is C8H19NOS. The SMILES string of the molecule is CCCCN[S+]([O-])CC(C)C. The van der Waals surface area contributed by atoms with Crippen molar-refractivity contribution < 1.29 is 4.55 Å². The minimum absolute atomic E-state index is 0.518. The highest BCUT2D eigenvalue weighted by molar-refractivity contribution is 7.89. The van der Waals surface area contributed by atoms with E-state index in [1.54, 1.807) is 0 Å². The second-order valence-electron chi connectivity index (χ2n) is 3.15. The van der Waals surface area contributed by atoms with E-state index in [-0.39, 0.29) is 0 Å². The maximum atomic E-state index is 11.1. The zero-order valence-electron chi connectivity index (χ0n) is 7.72. The van der Waals surface area contributed by atoms with Gasteiger partial charge in [-0.1, -0.05) is 27.2 Å². The summed E-state index contributed by atoms with van der Waals surface area (Å²) >= 11 is -0.802. The molecule has 1 unspecified atom stereocenters. The van der Waals surface area contributed by atoms with Gasteiger partial charge in [0, 0.05) is 17.9 Å². The lowest BCUT2D eigenvalue weighted by molar-refractivity contribution is 0.564. The molecule has 0 saturated carbocycles. The summed E-state index contributed by atoms with van der Waals surface area (Å²) in [5.74, 6) is 1.29.